The summed E-state index contributed by atoms with van der Waals surface area (Å²) in [5.41, 5.74) is 0. The van der Waals surface area contributed by atoms with Crippen LogP contribution >= 0.6 is 0 Å². The topological polar surface area (TPSA) is 18.5 Å². The number of methoxy groups -OCH3 is 2. The van der Waals surface area contributed by atoms with Crippen molar-refractivity contribution in [3.8, 4) is 0 Å². The summed E-state index contributed by atoms with van der Waals surface area (Å²) in [4.78, 5) is 0. The minimum atomic E-state index is 0.649. The van der Waals surface area contributed by atoms with Gasteiger partial charge in [0.05, 0.1) is 0 Å². The molecule has 2 nitrogen and oxygen atoms in total. The first-order valence-corrected chi connectivity index (χ1v) is 8.63. The van der Waals surface area contributed by atoms with Crippen LogP contribution in [-0.4, -0.2) is 27.4 Å². The van der Waals surface area contributed by atoms with Crippen LogP contribution in [0.4, 0.5) is 0 Å². The van der Waals surface area contributed by atoms with Crippen molar-refractivity contribution < 1.29 is 9.47 Å². The number of hydrogen-bond acceptors (Lipinski definition) is 2. The van der Waals surface area contributed by atoms with Gasteiger partial charge in [-0.3, -0.25) is 0 Å². The van der Waals surface area contributed by atoms with E-state index in [0.717, 1.165) is 19.1 Å². The Morgan fingerprint density at radius 2 is 1.30 bits per heavy atom. The molecule has 0 spiro atoms. The highest BCUT2D eigenvalue weighted by Gasteiger charge is 2.22. The Hall–Kier alpha value is -0.0800. The third kappa shape index (κ3) is 10.7. The Bertz CT molecular complexity index is 192. The average molecular weight is 286 g/mol. The monoisotopic (exact) mass is 286 g/mol. The van der Waals surface area contributed by atoms with Crippen LogP contribution in [0, 0.1) is 17.8 Å². The Kier molecular flexibility index (Phi) is 13.8. The molecule has 122 valence electrons. The molecule has 0 N–H and O–H groups in total. The van der Waals surface area contributed by atoms with Crippen LogP contribution in [-0.2, 0) is 9.47 Å². The molecule has 2 unspecified atom stereocenters. The lowest BCUT2D eigenvalue weighted by atomic mass is 9.83. The predicted molar refractivity (Wildman–Crippen MR) is 88.2 cm³/mol. The van der Waals surface area contributed by atoms with Gasteiger partial charge >= 0.3 is 0 Å². The van der Waals surface area contributed by atoms with Gasteiger partial charge in [-0.05, 0) is 30.6 Å². The first-order chi connectivity index (χ1) is 9.65. The molecule has 0 fully saturated rings. The molecule has 0 aliphatic heterocycles. The molecule has 0 heterocycles. The van der Waals surface area contributed by atoms with Gasteiger partial charge in [0.25, 0.3) is 0 Å². The Labute approximate surface area is 127 Å². The molecule has 0 saturated carbocycles. The summed E-state index contributed by atoms with van der Waals surface area (Å²) in [6.45, 7) is 8.64. The lowest BCUT2D eigenvalue weighted by Crippen LogP contribution is -2.25. The quantitative estimate of drug-likeness (QED) is 0.403. The van der Waals surface area contributed by atoms with E-state index in [9.17, 15) is 0 Å². The summed E-state index contributed by atoms with van der Waals surface area (Å²) >= 11 is 0. The van der Waals surface area contributed by atoms with Crippen LogP contribution in [0.1, 0.15) is 72.1 Å². The van der Waals surface area contributed by atoms with Crippen molar-refractivity contribution in [1.82, 2.24) is 0 Å². The smallest absolute Gasteiger partial charge is 0.0494 e. The van der Waals surface area contributed by atoms with E-state index in [2.05, 4.69) is 20.8 Å². The van der Waals surface area contributed by atoms with Crippen molar-refractivity contribution in [1.29, 1.82) is 0 Å². The largest absolute Gasteiger partial charge is 0.384 e. The molecule has 0 aromatic carbocycles. The van der Waals surface area contributed by atoms with Crippen LogP contribution < -0.4 is 0 Å². The zero-order valence-electron chi connectivity index (χ0n) is 14.6. The summed E-state index contributed by atoms with van der Waals surface area (Å²) in [7, 11) is 3.65. The van der Waals surface area contributed by atoms with Crippen LogP contribution in [0.5, 0.6) is 0 Å². The molecule has 2 atom stereocenters. The fraction of sp³-hybridized carbons (Fsp3) is 1.00. The third-order valence-electron chi connectivity index (χ3n) is 4.13. The van der Waals surface area contributed by atoms with Gasteiger partial charge < -0.3 is 9.47 Å². The molecule has 0 aromatic heterocycles. The minimum absolute atomic E-state index is 0.649. The van der Waals surface area contributed by atoms with Crippen molar-refractivity contribution in [2.75, 3.05) is 27.4 Å². The van der Waals surface area contributed by atoms with Gasteiger partial charge in [-0.25, -0.2) is 0 Å². The van der Waals surface area contributed by atoms with Gasteiger partial charge in [-0.15, -0.1) is 0 Å². The van der Waals surface area contributed by atoms with E-state index in [1.54, 1.807) is 0 Å². The molecule has 0 radical (unpaired) electrons. The highest BCUT2D eigenvalue weighted by Crippen LogP contribution is 2.26. The number of unbranched alkanes of at least 4 members (excludes halogenated alkanes) is 5. The van der Waals surface area contributed by atoms with Crippen molar-refractivity contribution >= 4 is 0 Å². The van der Waals surface area contributed by atoms with Crippen LogP contribution in [0.15, 0.2) is 0 Å². The van der Waals surface area contributed by atoms with Crippen molar-refractivity contribution in [2.24, 2.45) is 17.8 Å². The van der Waals surface area contributed by atoms with E-state index in [1.807, 2.05) is 14.2 Å². The summed E-state index contributed by atoms with van der Waals surface area (Å²) in [6, 6.07) is 0. The zero-order valence-corrected chi connectivity index (χ0v) is 14.6. The van der Waals surface area contributed by atoms with Crippen LogP contribution in [0.25, 0.3) is 0 Å². The Morgan fingerprint density at radius 1 is 0.750 bits per heavy atom. The predicted octanol–water partition coefficient (Wildman–Crippen LogP) is 5.31. The molecule has 0 saturated heterocycles. The summed E-state index contributed by atoms with van der Waals surface area (Å²) in [6.07, 6.45) is 10.8. The van der Waals surface area contributed by atoms with E-state index >= 15 is 0 Å². The van der Waals surface area contributed by atoms with Crippen LogP contribution in [0.2, 0.25) is 0 Å². The highest BCUT2D eigenvalue weighted by atomic mass is 16.5. The maximum atomic E-state index is 5.45. The van der Waals surface area contributed by atoms with Crippen LogP contribution in [0.3, 0.4) is 0 Å². The molecule has 0 rings (SSSR count). The van der Waals surface area contributed by atoms with Gasteiger partial charge in [0.15, 0.2) is 0 Å². The lowest BCUT2D eigenvalue weighted by molar-refractivity contribution is 0.0548. The van der Waals surface area contributed by atoms with E-state index in [-0.39, 0.29) is 0 Å². The SMILES string of the molecule is CCCCCCCCC(COC)C(COC)CC(C)C. The molecule has 0 aliphatic rings. The summed E-state index contributed by atoms with van der Waals surface area (Å²) < 4.78 is 10.9. The minimum Gasteiger partial charge on any atom is -0.384 e. The summed E-state index contributed by atoms with van der Waals surface area (Å²) in [5.74, 6) is 2.04. The molecular formula is C18H38O2. The van der Waals surface area contributed by atoms with Crippen molar-refractivity contribution in [3.05, 3.63) is 0 Å². The first kappa shape index (κ1) is 19.9. The first-order valence-electron chi connectivity index (χ1n) is 8.63. The number of rotatable bonds is 14. The van der Waals surface area contributed by atoms with Crippen molar-refractivity contribution in [2.45, 2.75) is 72.1 Å². The fourth-order valence-electron chi connectivity index (χ4n) is 3.07. The normalized spacial score (nSPS) is 14.7. The summed E-state index contributed by atoms with van der Waals surface area (Å²) in [5, 5.41) is 0. The highest BCUT2D eigenvalue weighted by molar-refractivity contribution is 4.71. The van der Waals surface area contributed by atoms with Gasteiger partial charge in [-0.1, -0.05) is 59.3 Å². The second-order valence-corrected chi connectivity index (χ2v) is 6.62. The Morgan fingerprint density at radius 3 is 1.85 bits per heavy atom. The van der Waals surface area contributed by atoms with Gasteiger partial charge in [0, 0.05) is 27.4 Å². The number of ether oxygens (including phenoxy) is 2. The number of hydrogen-bond donors (Lipinski definition) is 0. The second-order valence-electron chi connectivity index (χ2n) is 6.62. The maximum absolute atomic E-state index is 5.45. The van der Waals surface area contributed by atoms with E-state index in [4.69, 9.17) is 9.47 Å². The standard InChI is InChI=1S/C18H38O2/c1-6-7-8-9-10-11-12-17(14-19-4)18(15-20-5)13-16(2)3/h16-18H,6-15H2,1-5H3. The molecule has 2 heteroatoms. The van der Waals surface area contributed by atoms with Gasteiger partial charge in [0.1, 0.15) is 0 Å². The van der Waals surface area contributed by atoms with E-state index in [0.29, 0.717) is 11.8 Å². The molecule has 0 aromatic rings. The van der Waals surface area contributed by atoms with Crippen molar-refractivity contribution in [3.63, 3.8) is 0 Å². The lowest BCUT2D eigenvalue weighted by Gasteiger charge is -2.27. The van der Waals surface area contributed by atoms with Gasteiger partial charge in [0.2, 0.25) is 0 Å². The molecular weight excluding hydrogens is 248 g/mol. The van der Waals surface area contributed by atoms with E-state index < -0.39 is 0 Å². The average Bonchev–Trinajstić information content (AvgIpc) is 2.40. The fourth-order valence-corrected chi connectivity index (χ4v) is 3.07. The van der Waals surface area contributed by atoms with E-state index in [1.165, 1.54) is 51.4 Å². The molecule has 0 aliphatic carbocycles. The molecule has 0 bridgehead atoms. The molecule has 0 amide bonds. The third-order valence-corrected chi connectivity index (χ3v) is 4.13. The maximum Gasteiger partial charge on any atom is 0.0494 e. The molecule has 20 heavy (non-hydrogen) atoms. The zero-order chi connectivity index (χ0) is 15.2. The Balaban J connectivity index is 4.08. The second kappa shape index (κ2) is 13.9. The van der Waals surface area contributed by atoms with Gasteiger partial charge in [-0.2, -0.15) is 0 Å².